The minimum atomic E-state index is -0.636. The van der Waals surface area contributed by atoms with E-state index in [0.717, 1.165) is 0 Å². The Morgan fingerprint density at radius 1 is 1.32 bits per heavy atom. The van der Waals surface area contributed by atoms with Crippen molar-refractivity contribution in [2.24, 2.45) is 0 Å². The lowest BCUT2D eigenvalue weighted by Crippen LogP contribution is -2.38. The number of rotatable bonds is 3. The number of fused-ring (bicyclic) bond motifs is 1. The second-order valence-electron chi connectivity index (χ2n) is 5.02. The van der Waals surface area contributed by atoms with Crippen molar-refractivity contribution >= 4 is 22.8 Å². The first-order valence-corrected chi connectivity index (χ1v) is 6.75. The van der Waals surface area contributed by atoms with Gasteiger partial charge in [-0.1, -0.05) is 0 Å². The molecule has 114 valence electrons. The number of ether oxygens (including phenoxy) is 1. The molecule has 7 heteroatoms. The Bertz CT molecular complexity index is 809. The standard InChI is InChI=1S/C15H13NO6/c17-9-1-2-10-8(6-14(19)22-12(10)7-9)5-13(18)16-11-3-4-21-15(11)20/h1-2,6-7,11,17H,3-5H2,(H,16,18)/t11-/m0/s1. The van der Waals surface area contributed by atoms with Crippen LogP contribution in [0.25, 0.3) is 11.0 Å². The smallest absolute Gasteiger partial charge is 0.336 e. The van der Waals surface area contributed by atoms with Crippen molar-refractivity contribution in [2.75, 3.05) is 6.61 Å². The van der Waals surface area contributed by atoms with Crippen LogP contribution in [0.1, 0.15) is 12.0 Å². The number of carbonyl (C=O) groups is 2. The fourth-order valence-electron chi connectivity index (χ4n) is 2.41. The quantitative estimate of drug-likeness (QED) is 0.631. The summed E-state index contributed by atoms with van der Waals surface area (Å²) in [6, 6.07) is 4.92. The van der Waals surface area contributed by atoms with Crippen LogP contribution >= 0.6 is 0 Å². The summed E-state index contributed by atoms with van der Waals surface area (Å²) in [7, 11) is 0. The maximum atomic E-state index is 12.0. The van der Waals surface area contributed by atoms with E-state index in [1.165, 1.54) is 18.2 Å². The van der Waals surface area contributed by atoms with Crippen molar-refractivity contribution in [3.05, 3.63) is 40.2 Å². The van der Waals surface area contributed by atoms with E-state index >= 15 is 0 Å². The van der Waals surface area contributed by atoms with Crippen LogP contribution in [0.2, 0.25) is 0 Å². The van der Waals surface area contributed by atoms with Gasteiger partial charge >= 0.3 is 11.6 Å². The number of nitrogens with one attached hydrogen (secondary N) is 1. The molecule has 0 radical (unpaired) electrons. The molecule has 0 unspecified atom stereocenters. The number of carbonyl (C=O) groups excluding carboxylic acids is 2. The first kappa shape index (κ1) is 14.1. The zero-order valence-corrected chi connectivity index (χ0v) is 11.5. The molecule has 2 aromatic rings. The lowest BCUT2D eigenvalue weighted by Gasteiger charge is -2.10. The third-order valence-corrected chi connectivity index (χ3v) is 3.44. The summed E-state index contributed by atoms with van der Waals surface area (Å²) in [6.45, 7) is 0.293. The summed E-state index contributed by atoms with van der Waals surface area (Å²) >= 11 is 0. The maximum Gasteiger partial charge on any atom is 0.336 e. The van der Waals surface area contributed by atoms with Gasteiger partial charge in [-0.15, -0.1) is 0 Å². The van der Waals surface area contributed by atoms with Crippen LogP contribution in [0, 0.1) is 0 Å². The van der Waals surface area contributed by atoms with Crippen LogP contribution in [0.3, 0.4) is 0 Å². The highest BCUT2D eigenvalue weighted by Crippen LogP contribution is 2.22. The third-order valence-electron chi connectivity index (χ3n) is 3.44. The Morgan fingerprint density at radius 2 is 2.14 bits per heavy atom. The second kappa shape index (κ2) is 5.51. The Balaban J connectivity index is 1.85. The van der Waals surface area contributed by atoms with E-state index in [1.807, 2.05) is 0 Å². The summed E-state index contributed by atoms with van der Waals surface area (Å²) < 4.78 is 9.77. The molecule has 2 N–H and O–H groups in total. The van der Waals surface area contributed by atoms with Crippen molar-refractivity contribution in [3.63, 3.8) is 0 Å². The number of amides is 1. The van der Waals surface area contributed by atoms with Gasteiger partial charge in [-0.2, -0.15) is 0 Å². The Hall–Kier alpha value is -2.83. The van der Waals surface area contributed by atoms with Gasteiger partial charge in [0, 0.05) is 23.9 Å². The predicted octanol–water partition coefficient (Wildman–Crippen LogP) is 0.473. The molecule has 1 saturated heterocycles. The number of phenolic OH excluding ortho intramolecular Hbond substituents is 1. The van der Waals surface area contributed by atoms with E-state index < -0.39 is 17.6 Å². The molecule has 0 spiro atoms. The molecule has 1 atom stereocenters. The van der Waals surface area contributed by atoms with Gasteiger partial charge in [0.05, 0.1) is 13.0 Å². The summed E-state index contributed by atoms with van der Waals surface area (Å²) in [4.78, 5) is 34.9. The summed E-state index contributed by atoms with van der Waals surface area (Å²) in [5.41, 5.74) is 0.0619. The molecular formula is C15H13NO6. The van der Waals surface area contributed by atoms with Gasteiger partial charge in [0.25, 0.3) is 0 Å². The molecule has 7 nitrogen and oxygen atoms in total. The molecule has 2 heterocycles. The third kappa shape index (κ3) is 2.78. The first-order valence-electron chi connectivity index (χ1n) is 6.75. The van der Waals surface area contributed by atoms with Crippen LogP contribution < -0.4 is 10.9 Å². The maximum absolute atomic E-state index is 12.0. The average molecular weight is 303 g/mol. The molecule has 1 aliphatic rings. The highest BCUT2D eigenvalue weighted by molar-refractivity contribution is 5.90. The predicted molar refractivity (Wildman–Crippen MR) is 75.4 cm³/mol. The van der Waals surface area contributed by atoms with E-state index in [1.54, 1.807) is 6.07 Å². The van der Waals surface area contributed by atoms with Gasteiger partial charge < -0.3 is 19.6 Å². The van der Waals surface area contributed by atoms with Crippen LogP contribution in [-0.2, 0) is 20.7 Å². The van der Waals surface area contributed by atoms with Crippen LogP contribution in [0.15, 0.2) is 33.5 Å². The number of hydrogen-bond donors (Lipinski definition) is 2. The van der Waals surface area contributed by atoms with E-state index in [9.17, 15) is 19.5 Å². The molecule has 22 heavy (non-hydrogen) atoms. The molecule has 3 rings (SSSR count). The van der Waals surface area contributed by atoms with E-state index in [4.69, 9.17) is 9.15 Å². The normalized spacial score (nSPS) is 17.5. The number of hydrogen-bond acceptors (Lipinski definition) is 6. The van der Waals surface area contributed by atoms with Crippen molar-refractivity contribution in [3.8, 4) is 5.75 Å². The molecule has 0 aliphatic carbocycles. The lowest BCUT2D eigenvalue weighted by atomic mass is 10.1. The molecular weight excluding hydrogens is 290 g/mol. The molecule has 0 bridgehead atoms. The zero-order chi connectivity index (χ0) is 15.7. The number of aromatic hydroxyl groups is 1. The lowest BCUT2D eigenvalue weighted by molar-refractivity contribution is -0.141. The van der Waals surface area contributed by atoms with Gasteiger partial charge in [-0.3, -0.25) is 4.79 Å². The molecule has 0 saturated carbocycles. The van der Waals surface area contributed by atoms with Crippen molar-refractivity contribution in [1.29, 1.82) is 0 Å². The van der Waals surface area contributed by atoms with Crippen molar-refractivity contribution in [1.82, 2.24) is 5.32 Å². The van der Waals surface area contributed by atoms with Crippen molar-refractivity contribution < 1.29 is 23.8 Å². The molecule has 1 aliphatic heterocycles. The Labute approximate surface area is 124 Å². The molecule has 1 aromatic carbocycles. The number of esters is 1. The average Bonchev–Trinajstić information content (AvgIpc) is 2.83. The fraction of sp³-hybridized carbons (Fsp3) is 0.267. The number of cyclic esters (lactones) is 1. The fourth-order valence-corrected chi connectivity index (χ4v) is 2.41. The summed E-state index contributed by atoms with van der Waals surface area (Å²) in [6.07, 6.45) is 0.368. The minimum Gasteiger partial charge on any atom is -0.508 e. The number of phenols is 1. The first-order chi connectivity index (χ1) is 10.5. The Morgan fingerprint density at radius 3 is 2.86 bits per heavy atom. The minimum absolute atomic E-state index is 0.0362. The Kier molecular flexibility index (Phi) is 3.54. The largest absolute Gasteiger partial charge is 0.508 e. The van der Waals surface area contributed by atoms with Gasteiger partial charge in [0.1, 0.15) is 17.4 Å². The van der Waals surface area contributed by atoms with Crippen LogP contribution in [0.4, 0.5) is 0 Å². The second-order valence-corrected chi connectivity index (χ2v) is 5.02. The molecule has 1 fully saturated rings. The van der Waals surface area contributed by atoms with Crippen LogP contribution in [-0.4, -0.2) is 29.6 Å². The van der Waals surface area contributed by atoms with Gasteiger partial charge in [-0.05, 0) is 17.7 Å². The van der Waals surface area contributed by atoms with E-state index in [-0.39, 0.29) is 23.7 Å². The topological polar surface area (TPSA) is 106 Å². The molecule has 1 aromatic heterocycles. The summed E-state index contributed by atoms with van der Waals surface area (Å²) in [5, 5.41) is 12.6. The van der Waals surface area contributed by atoms with Gasteiger partial charge in [-0.25, -0.2) is 9.59 Å². The van der Waals surface area contributed by atoms with Crippen LogP contribution in [0.5, 0.6) is 5.75 Å². The zero-order valence-electron chi connectivity index (χ0n) is 11.5. The number of benzene rings is 1. The monoisotopic (exact) mass is 303 g/mol. The SMILES string of the molecule is O=C(Cc1cc(=O)oc2cc(O)ccc12)N[C@H]1CCOC1=O. The van der Waals surface area contributed by atoms with E-state index in [0.29, 0.717) is 24.0 Å². The van der Waals surface area contributed by atoms with E-state index in [2.05, 4.69) is 5.32 Å². The summed E-state index contributed by atoms with van der Waals surface area (Å²) in [5.74, 6) is -0.870. The highest BCUT2D eigenvalue weighted by atomic mass is 16.5. The van der Waals surface area contributed by atoms with Gasteiger partial charge in [0.2, 0.25) is 5.91 Å². The van der Waals surface area contributed by atoms with Gasteiger partial charge in [0.15, 0.2) is 0 Å². The highest BCUT2D eigenvalue weighted by Gasteiger charge is 2.28. The van der Waals surface area contributed by atoms with Crippen molar-refractivity contribution in [2.45, 2.75) is 18.9 Å². The molecule has 1 amide bonds.